The van der Waals surface area contributed by atoms with E-state index in [1.54, 1.807) is 0 Å². The van der Waals surface area contributed by atoms with Crippen molar-refractivity contribution in [3.63, 3.8) is 0 Å². The molecule has 11 heteroatoms. The van der Waals surface area contributed by atoms with E-state index in [-0.39, 0.29) is 6.54 Å². The summed E-state index contributed by atoms with van der Waals surface area (Å²) < 4.78 is 0. The summed E-state index contributed by atoms with van der Waals surface area (Å²) in [4.78, 5) is 59.9. The van der Waals surface area contributed by atoms with Gasteiger partial charge in [0.1, 0.15) is 12.1 Å². The lowest BCUT2D eigenvalue weighted by molar-refractivity contribution is -0.148. The molecule has 3 atom stereocenters. The largest absolute Gasteiger partial charge is 0.481 e. The Balaban J connectivity index is 1.90. The molecule has 0 bridgehead atoms. The van der Waals surface area contributed by atoms with Gasteiger partial charge in [0.2, 0.25) is 17.7 Å². The lowest BCUT2D eigenvalue weighted by Crippen LogP contribution is -2.54. The maximum Gasteiger partial charge on any atom is 0.326 e. The molecule has 27 heavy (non-hydrogen) atoms. The van der Waals surface area contributed by atoms with Crippen LogP contribution in [0.15, 0.2) is 0 Å². The molecule has 2 rings (SSSR count). The van der Waals surface area contributed by atoms with Crippen molar-refractivity contribution < 1.29 is 34.2 Å². The predicted octanol–water partition coefficient (Wildman–Crippen LogP) is -2.11. The minimum Gasteiger partial charge on any atom is -0.481 e. The van der Waals surface area contributed by atoms with Gasteiger partial charge in [0.25, 0.3) is 0 Å². The zero-order valence-electron chi connectivity index (χ0n) is 14.8. The Morgan fingerprint density at radius 3 is 2.44 bits per heavy atom. The molecule has 0 aromatic heterocycles. The smallest absolute Gasteiger partial charge is 0.326 e. The normalized spacial score (nSPS) is 22.9. The molecule has 2 heterocycles. The van der Waals surface area contributed by atoms with E-state index in [1.807, 2.05) is 0 Å². The Hall–Kier alpha value is -2.69. The first kappa shape index (κ1) is 20.6. The minimum absolute atomic E-state index is 0.286. The second kappa shape index (κ2) is 9.31. The van der Waals surface area contributed by atoms with Gasteiger partial charge in [-0.15, -0.1) is 0 Å². The van der Waals surface area contributed by atoms with Crippen molar-refractivity contribution in [3.05, 3.63) is 0 Å². The average molecular weight is 384 g/mol. The fourth-order valence-electron chi connectivity index (χ4n) is 3.27. The van der Waals surface area contributed by atoms with Crippen molar-refractivity contribution >= 4 is 29.7 Å². The molecule has 0 saturated carbocycles. The van der Waals surface area contributed by atoms with Crippen molar-refractivity contribution in [3.8, 4) is 0 Å². The zero-order valence-corrected chi connectivity index (χ0v) is 14.8. The summed E-state index contributed by atoms with van der Waals surface area (Å²) in [5.41, 5.74) is 0. The molecular formula is C16H24N4O7. The van der Waals surface area contributed by atoms with E-state index in [9.17, 15) is 24.0 Å². The van der Waals surface area contributed by atoms with Crippen LogP contribution in [0.4, 0.5) is 0 Å². The molecule has 0 aromatic carbocycles. The highest BCUT2D eigenvalue weighted by Gasteiger charge is 2.34. The van der Waals surface area contributed by atoms with Crippen LogP contribution in [-0.4, -0.2) is 82.5 Å². The fourth-order valence-corrected chi connectivity index (χ4v) is 3.27. The van der Waals surface area contributed by atoms with E-state index in [2.05, 4.69) is 16.0 Å². The minimum atomic E-state index is -1.32. The van der Waals surface area contributed by atoms with Gasteiger partial charge in [0.15, 0.2) is 0 Å². The number of carbonyl (C=O) groups excluding carboxylic acids is 3. The van der Waals surface area contributed by atoms with Crippen LogP contribution >= 0.6 is 0 Å². The van der Waals surface area contributed by atoms with Gasteiger partial charge in [-0.1, -0.05) is 0 Å². The average Bonchev–Trinajstić information content (AvgIpc) is 3.29. The molecule has 2 aliphatic rings. The summed E-state index contributed by atoms with van der Waals surface area (Å²) in [5.74, 6) is -4.21. The Kier molecular flexibility index (Phi) is 7.11. The first-order chi connectivity index (χ1) is 12.8. The van der Waals surface area contributed by atoms with Crippen molar-refractivity contribution in [2.24, 2.45) is 0 Å². The molecule has 0 radical (unpaired) electrons. The van der Waals surface area contributed by atoms with Crippen molar-refractivity contribution in [1.82, 2.24) is 20.9 Å². The quantitative estimate of drug-likeness (QED) is 0.317. The molecule has 2 fully saturated rings. The van der Waals surface area contributed by atoms with Crippen molar-refractivity contribution in [2.75, 3.05) is 19.6 Å². The molecule has 0 aliphatic carbocycles. The SMILES string of the molecule is O=C(O)CC(NC(=O)C1CCCN1)C(=O)NCC(=O)N1CCCC1C(=O)O. The number of carbonyl (C=O) groups is 5. The first-order valence-electron chi connectivity index (χ1n) is 8.85. The van der Waals surface area contributed by atoms with Crippen LogP contribution in [0.2, 0.25) is 0 Å². The number of carboxylic acids is 2. The van der Waals surface area contributed by atoms with Crippen LogP contribution in [0.3, 0.4) is 0 Å². The number of rotatable bonds is 8. The van der Waals surface area contributed by atoms with Crippen LogP contribution in [0.5, 0.6) is 0 Å². The maximum atomic E-state index is 12.3. The molecule has 11 nitrogen and oxygen atoms in total. The van der Waals surface area contributed by atoms with Crippen LogP contribution in [0.1, 0.15) is 32.1 Å². The van der Waals surface area contributed by atoms with Crippen LogP contribution in [0, 0.1) is 0 Å². The van der Waals surface area contributed by atoms with Gasteiger partial charge in [0.05, 0.1) is 19.0 Å². The van der Waals surface area contributed by atoms with Gasteiger partial charge < -0.3 is 31.1 Å². The van der Waals surface area contributed by atoms with Crippen LogP contribution in [-0.2, 0) is 24.0 Å². The number of hydrogen-bond donors (Lipinski definition) is 5. The van der Waals surface area contributed by atoms with Crippen LogP contribution in [0.25, 0.3) is 0 Å². The third kappa shape index (κ3) is 5.64. The van der Waals surface area contributed by atoms with E-state index in [1.165, 1.54) is 4.90 Å². The first-order valence-corrected chi connectivity index (χ1v) is 8.85. The molecule has 2 aliphatic heterocycles. The molecule has 0 spiro atoms. The summed E-state index contributed by atoms with van der Waals surface area (Å²) in [7, 11) is 0. The Morgan fingerprint density at radius 1 is 1.11 bits per heavy atom. The second-order valence-corrected chi connectivity index (χ2v) is 6.61. The van der Waals surface area contributed by atoms with E-state index >= 15 is 0 Å². The van der Waals surface area contributed by atoms with Gasteiger partial charge in [-0.3, -0.25) is 19.2 Å². The van der Waals surface area contributed by atoms with Gasteiger partial charge in [-0.2, -0.15) is 0 Å². The summed E-state index contributed by atoms with van der Waals surface area (Å²) in [5, 5.41) is 25.7. The van der Waals surface area contributed by atoms with Gasteiger partial charge in [-0.25, -0.2) is 4.79 Å². The monoisotopic (exact) mass is 384 g/mol. The lowest BCUT2D eigenvalue weighted by Gasteiger charge is -2.23. The van der Waals surface area contributed by atoms with Crippen molar-refractivity contribution in [2.45, 2.75) is 50.2 Å². The highest BCUT2D eigenvalue weighted by molar-refractivity contribution is 5.94. The highest BCUT2D eigenvalue weighted by atomic mass is 16.4. The molecule has 150 valence electrons. The predicted molar refractivity (Wildman–Crippen MR) is 90.6 cm³/mol. The van der Waals surface area contributed by atoms with Gasteiger partial charge in [0, 0.05) is 6.54 Å². The number of carboxylic acid groups (broad SMARTS) is 2. The zero-order chi connectivity index (χ0) is 20.0. The van der Waals surface area contributed by atoms with E-state index in [4.69, 9.17) is 10.2 Å². The summed E-state index contributed by atoms with van der Waals surface area (Å²) in [6.07, 6.45) is 1.68. The number of hydrogen-bond acceptors (Lipinski definition) is 6. The molecule has 2 saturated heterocycles. The fraction of sp³-hybridized carbons (Fsp3) is 0.688. The number of nitrogens with zero attached hydrogens (tertiary/aromatic N) is 1. The third-order valence-electron chi connectivity index (χ3n) is 4.66. The molecule has 5 N–H and O–H groups in total. The van der Waals surface area contributed by atoms with E-state index < -0.39 is 60.8 Å². The molecule has 3 unspecified atom stereocenters. The highest BCUT2D eigenvalue weighted by Crippen LogP contribution is 2.17. The van der Waals surface area contributed by atoms with Crippen molar-refractivity contribution in [1.29, 1.82) is 0 Å². The Labute approximate surface area is 155 Å². The summed E-state index contributed by atoms with van der Waals surface area (Å²) in [6, 6.07) is -2.71. The molecule has 3 amide bonds. The summed E-state index contributed by atoms with van der Waals surface area (Å²) in [6.45, 7) is 0.494. The third-order valence-corrected chi connectivity index (χ3v) is 4.66. The Morgan fingerprint density at radius 2 is 1.85 bits per heavy atom. The standard InChI is InChI=1S/C16H24N4O7/c21-12(20-6-2-4-11(20)16(26)27)8-18-14(24)10(7-13(22)23)19-15(25)9-3-1-5-17-9/h9-11,17H,1-8H2,(H,18,24)(H,19,25)(H,22,23)(H,26,27). The molecule has 0 aromatic rings. The van der Waals surface area contributed by atoms with Gasteiger partial charge >= 0.3 is 11.9 Å². The summed E-state index contributed by atoms with van der Waals surface area (Å²) >= 11 is 0. The Bertz CT molecular complexity index is 618. The number of amides is 3. The number of aliphatic carboxylic acids is 2. The van der Waals surface area contributed by atoms with Gasteiger partial charge in [-0.05, 0) is 32.2 Å². The van der Waals surface area contributed by atoms with E-state index in [0.29, 0.717) is 25.8 Å². The van der Waals surface area contributed by atoms with Crippen LogP contribution < -0.4 is 16.0 Å². The lowest BCUT2D eigenvalue weighted by atomic mass is 10.1. The number of likely N-dealkylation sites (tertiary alicyclic amines) is 1. The second-order valence-electron chi connectivity index (χ2n) is 6.61. The van der Waals surface area contributed by atoms with E-state index in [0.717, 1.165) is 6.42 Å². The topological polar surface area (TPSA) is 165 Å². The maximum absolute atomic E-state index is 12.3. The number of nitrogens with one attached hydrogen (secondary N) is 3. The molecular weight excluding hydrogens is 360 g/mol.